The summed E-state index contributed by atoms with van der Waals surface area (Å²) >= 11 is 1.20. The van der Waals surface area contributed by atoms with E-state index in [4.69, 9.17) is 4.74 Å². The van der Waals surface area contributed by atoms with Gasteiger partial charge in [-0.15, -0.1) is 11.3 Å². The molecule has 0 atom stereocenters. The molecule has 0 aliphatic carbocycles. The highest BCUT2D eigenvalue weighted by molar-refractivity contribution is 7.21. The lowest BCUT2D eigenvalue weighted by atomic mass is 10.1. The molecule has 1 aromatic carbocycles. The summed E-state index contributed by atoms with van der Waals surface area (Å²) < 4.78 is 5.56. The van der Waals surface area contributed by atoms with E-state index in [2.05, 4.69) is 4.98 Å². The Kier molecular flexibility index (Phi) is 3.81. The lowest BCUT2D eigenvalue weighted by Crippen LogP contribution is -2.06. The maximum absolute atomic E-state index is 12.6. The number of carbonyl (C=O) groups is 1. The van der Waals surface area contributed by atoms with Crippen molar-refractivity contribution in [2.75, 3.05) is 0 Å². The van der Waals surface area contributed by atoms with Gasteiger partial charge in [0.25, 0.3) is 0 Å². The van der Waals surface area contributed by atoms with Crippen LogP contribution in [0.3, 0.4) is 0 Å². The number of hydrogen-bond donors (Lipinski definition) is 1. The van der Waals surface area contributed by atoms with Gasteiger partial charge in [0.2, 0.25) is 5.78 Å². The summed E-state index contributed by atoms with van der Waals surface area (Å²) in [5.74, 6) is 0.506. The van der Waals surface area contributed by atoms with Crippen LogP contribution in [0.25, 0.3) is 10.2 Å². The first-order chi connectivity index (χ1) is 10.6. The van der Waals surface area contributed by atoms with Gasteiger partial charge in [-0.1, -0.05) is 0 Å². The predicted octanol–water partition coefficient (Wildman–Crippen LogP) is 4.02. The van der Waals surface area contributed by atoms with Crippen molar-refractivity contribution in [3.8, 4) is 11.5 Å². The number of hydrogen-bond acceptors (Lipinski definition) is 5. The minimum atomic E-state index is -0.211. The molecule has 0 spiro atoms. The molecule has 1 N–H and O–H groups in total. The van der Waals surface area contributed by atoms with Crippen LogP contribution >= 0.6 is 11.3 Å². The van der Waals surface area contributed by atoms with Gasteiger partial charge in [0.1, 0.15) is 21.2 Å². The highest BCUT2D eigenvalue weighted by Crippen LogP contribution is 2.36. The Bertz CT molecular complexity index is 822. The smallest absolute Gasteiger partial charge is 0.206 e. The molecule has 0 amide bonds. The van der Waals surface area contributed by atoms with Gasteiger partial charge >= 0.3 is 0 Å². The number of nitrogens with zero attached hydrogens (tertiary/aromatic N) is 1. The zero-order valence-corrected chi connectivity index (χ0v) is 13.1. The number of fused-ring (bicyclic) bond motifs is 1. The average molecular weight is 313 g/mol. The highest BCUT2D eigenvalue weighted by atomic mass is 32.1. The Morgan fingerprint density at radius 2 is 1.95 bits per heavy atom. The second-order valence-corrected chi connectivity index (χ2v) is 6.16. The van der Waals surface area contributed by atoms with E-state index >= 15 is 0 Å². The summed E-state index contributed by atoms with van der Waals surface area (Å²) in [7, 11) is 0. The van der Waals surface area contributed by atoms with Crippen molar-refractivity contribution in [2.45, 2.75) is 20.0 Å². The van der Waals surface area contributed by atoms with Crippen molar-refractivity contribution >= 4 is 27.3 Å². The van der Waals surface area contributed by atoms with Gasteiger partial charge in [-0.25, -0.2) is 4.98 Å². The zero-order valence-electron chi connectivity index (χ0n) is 12.2. The molecule has 0 saturated heterocycles. The second-order valence-electron chi connectivity index (χ2n) is 5.16. The Labute approximate surface area is 132 Å². The lowest BCUT2D eigenvalue weighted by Gasteiger charge is -2.09. The maximum Gasteiger partial charge on any atom is 0.206 e. The van der Waals surface area contributed by atoms with E-state index in [-0.39, 0.29) is 17.6 Å². The quantitative estimate of drug-likeness (QED) is 0.739. The van der Waals surface area contributed by atoms with Crippen LogP contribution in [-0.2, 0) is 0 Å². The van der Waals surface area contributed by atoms with Gasteiger partial charge < -0.3 is 9.84 Å². The maximum atomic E-state index is 12.6. The number of rotatable bonds is 4. The van der Waals surface area contributed by atoms with Crippen LogP contribution in [0.1, 0.15) is 29.1 Å². The first-order valence-electron chi connectivity index (χ1n) is 6.94. The molecule has 112 valence electrons. The highest BCUT2D eigenvalue weighted by Gasteiger charge is 2.19. The molecule has 0 bridgehead atoms. The number of thiophene rings is 1. The molecule has 22 heavy (non-hydrogen) atoms. The standard InChI is InChI=1S/C17H15NO3S/c1-10(2)21-12-7-5-11(6-8-12)14(19)16-15(20)13-4-3-9-18-17(13)22-16/h3-10,20H,1-2H3. The number of carbonyl (C=O) groups excluding carboxylic acids is 1. The molecule has 0 unspecified atom stereocenters. The third-order valence-corrected chi connectivity index (χ3v) is 4.24. The largest absolute Gasteiger partial charge is 0.506 e. The number of ketones is 1. The van der Waals surface area contributed by atoms with Crippen molar-refractivity contribution in [3.05, 3.63) is 53.0 Å². The van der Waals surface area contributed by atoms with Gasteiger partial charge in [-0.05, 0) is 50.2 Å². The average Bonchev–Trinajstić information content (AvgIpc) is 2.84. The van der Waals surface area contributed by atoms with E-state index in [1.165, 1.54) is 11.3 Å². The third-order valence-electron chi connectivity index (χ3n) is 3.13. The molecule has 2 aromatic heterocycles. The van der Waals surface area contributed by atoms with E-state index in [9.17, 15) is 9.90 Å². The van der Waals surface area contributed by atoms with Crippen molar-refractivity contribution in [3.63, 3.8) is 0 Å². The van der Waals surface area contributed by atoms with Crippen molar-refractivity contribution < 1.29 is 14.6 Å². The topological polar surface area (TPSA) is 59.4 Å². The first kappa shape index (κ1) is 14.5. The molecule has 0 aliphatic rings. The van der Waals surface area contributed by atoms with E-state index in [1.807, 2.05) is 13.8 Å². The predicted molar refractivity (Wildman–Crippen MR) is 86.9 cm³/mol. The summed E-state index contributed by atoms with van der Waals surface area (Å²) in [5.41, 5.74) is 0.512. The Morgan fingerprint density at radius 3 is 2.59 bits per heavy atom. The molecule has 5 heteroatoms. The SMILES string of the molecule is CC(C)Oc1ccc(C(=O)c2sc3ncccc3c2O)cc1. The summed E-state index contributed by atoms with van der Waals surface area (Å²) in [6, 6.07) is 10.4. The van der Waals surface area contributed by atoms with Crippen molar-refractivity contribution in [1.29, 1.82) is 0 Å². The van der Waals surface area contributed by atoms with Crippen LogP contribution in [-0.4, -0.2) is 22.0 Å². The first-order valence-corrected chi connectivity index (χ1v) is 7.76. The molecule has 4 nitrogen and oxygen atoms in total. The summed E-state index contributed by atoms with van der Waals surface area (Å²) in [4.78, 5) is 17.7. The zero-order chi connectivity index (χ0) is 15.7. The number of aromatic hydroxyl groups is 1. The fourth-order valence-corrected chi connectivity index (χ4v) is 3.16. The fourth-order valence-electron chi connectivity index (χ4n) is 2.16. The van der Waals surface area contributed by atoms with E-state index in [0.717, 1.165) is 0 Å². The summed E-state index contributed by atoms with van der Waals surface area (Å²) in [6.45, 7) is 3.89. The Morgan fingerprint density at radius 1 is 1.23 bits per heavy atom. The Balaban J connectivity index is 1.94. The monoisotopic (exact) mass is 313 g/mol. The Hall–Kier alpha value is -2.40. The molecule has 2 heterocycles. The second kappa shape index (κ2) is 5.77. The van der Waals surface area contributed by atoms with Gasteiger partial charge in [0.15, 0.2) is 0 Å². The van der Waals surface area contributed by atoms with Gasteiger partial charge in [0.05, 0.1) is 11.5 Å². The minimum absolute atomic E-state index is 0.000562. The van der Waals surface area contributed by atoms with Crippen LogP contribution in [0.5, 0.6) is 11.5 Å². The molecular weight excluding hydrogens is 298 g/mol. The molecule has 3 aromatic rings. The van der Waals surface area contributed by atoms with Crippen LogP contribution in [0, 0.1) is 0 Å². The summed E-state index contributed by atoms with van der Waals surface area (Å²) in [6.07, 6.45) is 1.73. The van der Waals surface area contributed by atoms with Gasteiger partial charge in [0, 0.05) is 11.8 Å². The number of aromatic nitrogens is 1. The normalized spacial score (nSPS) is 11.0. The lowest BCUT2D eigenvalue weighted by molar-refractivity contribution is 0.104. The molecule has 3 rings (SSSR count). The minimum Gasteiger partial charge on any atom is -0.506 e. The van der Waals surface area contributed by atoms with Crippen LogP contribution in [0.2, 0.25) is 0 Å². The number of benzene rings is 1. The summed E-state index contributed by atoms with van der Waals surface area (Å²) in [5, 5.41) is 10.8. The van der Waals surface area contributed by atoms with Crippen molar-refractivity contribution in [2.24, 2.45) is 0 Å². The van der Waals surface area contributed by atoms with Gasteiger partial charge in [-0.2, -0.15) is 0 Å². The van der Waals surface area contributed by atoms with E-state index < -0.39 is 0 Å². The van der Waals surface area contributed by atoms with Gasteiger partial charge in [-0.3, -0.25) is 4.79 Å². The van der Waals surface area contributed by atoms with E-state index in [0.29, 0.717) is 26.4 Å². The van der Waals surface area contributed by atoms with Crippen LogP contribution < -0.4 is 4.74 Å². The van der Waals surface area contributed by atoms with Crippen molar-refractivity contribution in [1.82, 2.24) is 4.98 Å². The number of ether oxygens (including phenoxy) is 1. The van der Waals surface area contributed by atoms with E-state index in [1.54, 1.807) is 42.6 Å². The van der Waals surface area contributed by atoms with Crippen LogP contribution in [0.4, 0.5) is 0 Å². The molecule has 0 aliphatic heterocycles. The fraction of sp³-hybridized carbons (Fsp3) is 0.176. The van der Waals surface area contributed by atoms with Crippen LogP contribution in [0.15, 0.2) is 42.6 Å². The molecular formula is C17H15NO3S. The number of pyridine rings is 1. The molecule has 0 saturated carbocycles. The molecule has 0 radical (unpaired) electrons. The third kappa shape index (κ3) is 2.67. The molecule has 0 fully saturated rings.